The van der Waals surface area contributed by atoms with Crippen molar-refractivity contribution >= 4 is 0 Å². The van der Waals surface area contributed by atoms with Gasteiger partial charge in [-0.2, -0.15) is 0 Å². The number of ether oxygens (including phenoxy) is 2. The summed E-state index contributed by atoms with van der Waals surface area (Å²) < 4.78 is 11.7. The van der Waals surface area contributed by atoms with Crippen molar-refractivity contribution in [2.24, 2.45) is 0 Å². The largest absolute Gasteiger partial charge is 0.394 e. The van der Waals surface area contributed by atoms with Crippen LogP contribution in [0.5, 0.6) is 0 Å². The lowest BCUT2D eigenvalue weighted by atomic mass is 10.1. The van der Waals surface area contributed by atoms with Gasteiger partial charge in [0.2, 0.25) is 0 Å². The van der Waals surface area contributed by atoms with Gasteiger partial charge in [-0.1, -0.05) is 205 Å². The lowest BCUT2D eigenvalue weighted by Crippen LogP contribution is -2.24. The number of hydrogen-bond donors (Lipinski definition) is 1. The Hall–Kier alpha value is -0.640. The maximum atomic E-state index is 9.65. The van der Waals surface area contributed by atoms with Crippen molar-refractivity contribution in [1.29, 1.82) is 0 Å². The van der Waals surface area contributed by atoms with E-state index in [1.807, 2.05) is 0 Å². The van der Waals surface area contributed by atoms with Gasteiger partial charge in [0.1, 0.15) is 6.10 Å². The molecule has 3 nitrogen and oxygen atoms in total. The maximum Gasteiger partial charge on any atom is 0.104 e. The minimum Gasteiger partial charge on any atom is -0.394 e. The van der Waals surface area contributed by atoms with Crippen LogP contribution in [0.15, 0.2) is 24.3 Å². The van der Waals surface area contributed by atoms with Gasteiger partial charge in [-0.25, -0.2) is 0 Å². The molecule has 298 valence electrons. The highest BCUT2D eigenvalue weighted by Gasteiger charge is 2.07. The topological polar surface area (TPSA) is 38.7 Å². The fraction of sp³-hybridized carbons (Fsp3) is 0.915. The summed E-state index contributed by atoms with van der Waals surface area (Å²) in [5, 5.41) is 9.65. The molecule has 0 heterocycles. The predicted molar refractivity (Wildman–Crippen MR) is 223 cm³/mol. The molecule has 3 heteroatoms. The van der Waals surface area contributed by atoms with Crippen LogP contribution in [0.2, 0.25) is 0 Å². The molecular formula is C47H92O3. The second-order valence-electron chi connectivity index (χ2n) is 15.5. The smallest absolute Gasteiger partial charge is 0.104 e. The lowest BCUT2D eigenvalue weighted by Gasteiger charge is -2.15. The number of allylic oxidation sites excluding steroid dienone is 4. The Balaban J connectivity index is 3.28. The molecule has 0 aliphatic carbocycles. The first-order valence-electron chi connectivity index (χ1n) is 22.9. The van der Waals surface area contributed by atoms with E-state index in [0.29, 0.717) is 6.61 Å². The number of hydrogen-bond acceptors (Lipinski definition) is 3. The van der Waals surface area contributed by atoms with Crippen LogP contribution in [-0.2, 0) is 9.47 Å². The number of rotatable bonds is 44. The van der Waals surface area contributed by atoms with Crippen molar-refractivity contribution in [2.75, 3.05) is 26.4 Å². The van der Waals surface area contributed by atoms with Crippen molar-refractivity contribution in [3.63, 3.8) is 0 Å². The first-order chi connectivity index (χ1) is 24.8. The Kier molecular flexibility index (Phi) is 45.8. The van der Waals surface area contributed by atoms with Crippen molar-refractivity contribution in [2.45, 2.75) is 251 Å². The van der Waals surface area contributed by atoms with Crippen LogP contribution in [0.25, 0.3) is 0 Å². The van der Waals surface area contributed by atoms with Gasteiger partial charge in [0.15, 0.2) is 0 Å². The predicted octanol–water partition coefficient (Wildman–Crippen LogP) is 15.6. The Labute approximate surface area is 315 Å². The van der Waals surface area contributed by atoms with Crippen LogP contribution in [0.3, 0.4) is 0 Å². The standard InChI is InChI=1S/C47H92O3/c1-3-5-7-9-11-13-15-17-19-21-23-25-27-29-31-33-35-37-39-41-43-49-46-47(45-48)50-44-42-40-38-36-34-32-30-28-26-24-22-20-18-16-14-12-10-8-6-4-2/h17-20,47-48H,3-16,21-46H2,1-2H3/b19-17-,20-18-/t47-/m0/s1. The van der Waals surface area contributed by atoms with Gasteiger partial charge in [0, 0.05) is 13.2 Å². The first kappa shape index (κ1) is 49.4. The zero-order valence-corrected chi connectivity index (χ0v) is 34.4. The van der Waals surface area contributed by atoms with E-state index in [2.05, 4.69) is 38.2 Å². The summed E-state index contributed by atoms with van der Waals surface area (Å²) in [6, 6.07) is 0. The summed E-state index contributed by atoms with van der Waals surface area (Å²) >= 11 is 0. The molecule has 0 saturated carbocycles. The van der Waals surface area contributed by atoms with Crippen LogP contribution in [-0.4, -0.2) is 37.6 Å². The zero-order valence-electron chi connectivity index (χ0n) is 34.4. The average molecular weight is 705 g/mol. The monoisotopic (exact) mass is 705 g/mol. The van der Waals surface area contributed by atoms with E-state index in [1.165, 1.54) is 218 Å². The highest BCUT2D eigenvalue weighted by molar-refractivity contribution is 4.82. The molecule has 0 aliphatic rings. The molecule has 1 N–H and O–H groups in total. The third-order valence-corrected chi connectivity index (χ3v) is 10.3. The summed E-state index contributed by atoms with van der Waals surface area (Å²) in [5.74, 6) is 0. The molecule has 1 atom stereocenters. The van der Waals surface area contributed by atoms with Crippen molar-refractivity contribution in [3.8, 4) is 0 Å². The van der Waals surface area contributed by atoms with Gasteiger partial charge in [-0.05, 0) is 64.2 Å². The van der Waals surface area contributed by atoms with Crippen LogP contribution < -0.4 is 0 Å². The molecule has 0 amide bonds. The van der Waals surface area contributed by atoms with E-state index in [0.717, 1.165) is 26.1 Å². The Morgan fingerprint density at radius 1 is 0.360 bits per heavy atom. The molecule has 0 aromatic heterocycles. The third-order valence-electron chi connectivity index (χ3n) is 10.3. The number of aliphatic hydroxyl groups is 1. The summed E-state index contributed by atoms with van der Waals surface area (Å²) in [5.41, 5.74) is 0. The fourth-order valence-corrected chi connectivity index (χ4v) is 6.83. The van der Waals surface area contributed by atoms with E-state index in [1.54, 1.807) is 0 Å². The summed E-state index contributed by atoms with van der Waals surface area (Å²) in [6.45, 7) is 6.71. The molecule has 0 radical (unpaired) electrons. The first-order valence-corrected chi connectivity index (χ1v) is 22.9. The van der Waals surface area contributed by atoms with E-state index < -0.39 is 0 Å². The van der Waals surface area contributed by atoms with Gasteiger partial charge in [-0.3, -0.25) is 0 Å². The molecule has 0 fully saturated rings. The molecule has 0 aromatic rings. The summed E-state index contributed by atoms with van der Waals surface area (Å²) in [6.07, 6.45) is 58.3. The van der Waals surface area contributed by atoms with E-state index in [9.17, 15) is 5.11 Å². The van der Waals surface area contributed by atoms with Gasteiger partial charge in [0.05, 0.1) is 13.2 Å². The number of unbranched alkanes of at least 4 members (excludes halogenated alkanes) is 32. The molecule has 0 bridgehead atoms. The Bertz CT molecular complexity index is 644. The van der Waals surface area contributed by atoms with Crippen LogP contribution in [0, 0.1) is 0 Å². The van der Waals surface area contributed by atoms with Crippen molar-refractivity contribution < 1.29 is 14.6 Å². The van der Waals surface area contributed by atoms with Gasteiger partial charge >= 0.3 is 0 Å². The molecule has 0 rings (SSSR count). The van der Waals surface area contributed by atoms with E-state index in [4.69, 9.17) is 9.47 Å². The van der Waals surface area contributed by atoms with Gasteiger partial charge in [0.25, 0.3) is 0 Å². The van der Waals surface area contributed by atoms with E-state index in [-0.39, 0.29) is 12.7 Å². The minimum absolute atomic E-state index is 0.0609. The molecule has 0 aromatic carbocycles. The van der Waals surface area contributed by atoms with Crippen molar-refractivity contribution in [3.05, 3.63) is 24.3 Å². The maximum absolute atomic E-state index is 9.65. The molecule has 0 spiro atoms. The Morgan fingerprint density at radius 3 is 0.960 bits per heavy atom. The highest BCUT2D eigenvalue weighted by atomic mass is 16.5. The summed E-state index contributed by atoms with van der Waals surface area (Å²) in [4.78, 5) is 0. The Morgan fingerprint density at radius 2 is 0.640 bits per heavy atom. The second kappa shape index (κ2) is 46.4. The van der Waals surface area contributed by atoms with Crippen LogP contribution in [0.4, 0.5) is 0 Å². The molecule has 0 saturated heterocycles. The molecule has 0 unspecified atom stereocenters. The molecule has 0 aliphatic heterocycles. The average Bonchev–Trinajstić information content (AvgIpc) is 3.13. The third kappa shape index (κ3) is 43.5. The molecular weight excluding hydrogens is 613 g/mol. The highest BCUT2D eigenvalue weighted by Crippen LogP contribution is 2.14. The minimum atomic E-state index is -0.160. The second-order valence-corrected chi connectivity index (χ2v) is 15.5. The van der Waals surface area contributed by atoms with Crippen LogP contribution in [0.1, 0.15) is 245 Å². The quantitative estimate of drug-likeness (QED) is 0.0507. The zero-order chi connectivity index (χ0) is 36.1. The normalized spacial score (nSPS) is 12.6. The SMILES string of the molecule is CCCCCCCC/C=C\CCCCCCCCCCCCOC[C@H](CO)OCCCCCCCCCCCC/C=C\CCCCCCCC. The van der Waals surface area contributed by atoms with Crippen molar-refractivity contribution in [1.82, 2.24) is 0 Å². The fourth-order valence-electron chi connectivity index (χ4n) is 6.83. The summed E-state index contributed by atoms with van der Waals surface area (Å²) in [7, 11) is 0. The molecule has 50 heavy (non-hydrogen) atoms. The lowest BCUT2D eigenvalue weighted by molar-refractivity contribution is -0.0437. The van der Waals surface area contributed by atoms with Gasteiger partial charge < -0.3 is 14.6 Å². The number of aliphatic hydroxyl groups excluding tert-OH is 1. The van der Waals surface area contributed by atoms with Crippen LogP contribution >= 0.6 is 0 Å². The van der Waals surface area contributed by atoms with Gasteiger partial charge in [-0.15, -0.1) is 0 Å². The van der Waals surface area contributed by atoms with E-state index >= 15 is 0 Å².